The number of fused-ring (bicyclic) bond motifs is 3. The molecule has 8 heteroatoms. The summed E-state index contributed by atoms with van der Waals surface area (Å²) >= 11 is 0. The molecule has 0 bridgehead atoms. The smallest absolute Gasteiger partial charge is 0.406 e. The highest BCUT2D eigenvalue weighted by Crippen LogP contribution is 2.33. The molecule has 3 aromatic heterocycles. The number of pyridine rings is 2. The summed E-state index contributed by atoms with van der Waals surface area (Å²) in [5.41, 5.74) is 2.84. The molecule has 0 aliphatic carbocycles. The molecule has 5 rings (SSSR count). The second-order valence-electron chi connectivity index (χ2n) is 7.12. The molecule has 0 aliphatic rings. The number of rotatable bonds is 2. The molecule has 0 saturated heterocycles. The van der Waals surface area contributed by atoms with Gasteiger partial charge in [-0.05, 0) is 48.9 Å². The Morgan fingerprint density at radius 3 is 2.61 bits per heavy atom. The van der Waals surface area contributed by atoms with Crippen LogP contribution in [0.15, 0.2) is 76.2 Å². The van der Waals surface area contributed by atoms with Crippen molar-refractivity contribution >= 4 is 22.0 Å². The lowest BCUT2D eigenvalue weighted by atomic mass is 10.0. The third-order valence-electron chi connectivity index (χ3n) is 5.12. The number of hydrogen-bond donors (Lipinski definition) is 0. The van der Waals surface area contributed by atoms with Crippen molar-refractivity contribution in [2.75, 3.05) is 0 Å². The summed E-state index contributed by atoms with van der Waals surface area (Å²) in [5.74, 6) is -0.789. The van der Waals surface area contributed by atoms with Gasteiger partial charge in [-0.1, -0.05) is 18.2 Å². The molecule has 0 aliphatic heterocycles. The highest BCUT2D eigenvalue weighted by atomic mass is 19.4. The van der Waals surface area contributed by atoms with Crippen LogP contribution in [0.2, 0.25) is 0 Å². The predicted octanol–water partition coefficient (Wildman–Crippen LogP) is 5.52. The van der Waals surface area contributed by atoms with Gasteiger partial charge >= 0.3 is 11.9 Å². The first kappa shape index (κ1) is 19.0. The largest absolute Gasteiger partial charge is 0.424 e. The fourth-order valence-electron chi connectivity index (χ4n) is 3.69. The topological polar surface area (TPSA) is 60.9 Å². The minimum absolute atomic E-state index is 0.0606. The number of alkyl halides is 3. The molecule has 5 aromatic rings. The number of nitrogens with zero attached hydrogens (tertiary/aromatic N) is 3. The van der Waals surface area contributed by atoms with E-state index in [9.17, 15) is 18.0 Å². The molecule has 3 heterocycles. The van der Waals surface area contributed by atoms with E-state index in [1.165, 1.54) is 18.3 Å². The van der Waals surface area contributed by atoms with E-state index in [0.717, 1.165) is 33.5 Å². The van der Waals surface area contributed by atoms with Crippen LogP contribution in [0.4, 0.5) is 13.2 Å². The Bertz CT molecular complexity index is 1520. The molecular weight excluding hydrogens is 407 g/mol. The van der Waals surface area contributed by atoms with Gasteiger partial charge in [-0.15, -0.1) is 0 Å². The van der Waals surface area contributed by atoms with Gasteiger partial charge in [0.2, 0.25) is 0 Å². The second-order valence-corrected chi connectivity index (χ2v) is 7.12. The molecule has 2 aromatic carbocycles. The van der Waals surface area contributed by atoms with Gasteiger partial charge in [0, 0.05) is 17.1 Å². The monoisotopic (exact) mass is 421 g/mol. The molecule has 0 unspecified atom stereocenters. The first-order chi connectivity index (χ1) is 14.8. The zero-order valence-corrected chi connectivity index (χ0v) is 16.1. The standard InChI is InChI=1S/C23H14F3N3O2/c1-13-4-3-9-27-20(13)14-7-8-18-17(10-14)21-19(12-28-18)31-22(30)29(21)16-6-2-5-15(11-16)23(24,25)26/h2-12H,1H3. The SMILES string of the molecule is Cc1cccnc1-c1ccc2ncc3oc(=O)n(-c4cccc(C(F)(F)F)c4)c3c2c1. The zero-order valence-electron chi connectivity index (χ0n) is 16.1. The van der Waals surface area contributed by atoms with E-state index in [1.807, 2.05) is 31.2 Å². The predicted molar refractivity (Wildman–Crippen MR) is 110 cm³/mol. The molecule has 0 N–H and O–H groups in total. The van der Waals surface area contributed by atoms with Crippen molar-refractivity contribution in [1.29, 1.82) is 0 Å². The fourth-order valence-corrected chi connectivity index (χ4v) is 3.69. The summed E-state index contributed by atoms with van der Waals surface area (Å²) in [4.78, 5) is 21.4. The molecule has 0 fully saturated rings. The summed E-state index contributed by atoms with van der Waals surface area (Å²) in [6, 6.07) is 13.8. The summed E-state index contributed by atoms with van der Waals surface area (Å²) in [5, 5.41) is 0.573. The van der Waals surface area contributed by atoms with Crippen molar-refractivity contribution in [3.05, 3.63) is 88.7 Å². The Labute approximate surface area is 173 Å². The Morgan fingerprint density at radius 1 is 1.00 bits per heavy atom. The Morgan fingerprint density at radius 2 is 1.84 bits per heavy atom. The Hall–Kier alpha value is -3.94. The number of benzene rings is 2. The Balaban J connectivity index is 1.83. The van der Waals surface area contributed by atoms with Gasteiger partial charge in [0.1, 0.15) is 5.52 Å². The second kappa shape index (κ2) is 6.80. The van der Waals surface area contributed by atoms with Crippen LogP contribution in [0.5, 0.6) is 0 Å². The molecule has 0 radical (unpaired) electrons. The van der Waals surface area contributed by atoms with Gasteiger partial charge in [-0.2, -0.15) is 13.2 Å². The van der Waals surface area contributed by atoms with Crippen LogP contribution in [0.1, 0.15) is 11.1 Å². The van der Waals surface area contributed by atoms with Crippen LogP contribution >= 0.6 is 0 Å². The molecule has 154 valence electrons. The first-order valence-electron chi connectivity index (χ1n) is 9.37. The van der Waals surface area contributed by atoms with Crippen molar-refractivity contribution in [3.8, 4) is 16.9 Å². The highest BCUT2D eigenvalue weighted by molar-refractivity contribution is 6.03. The normalized spacial score (nSPS) is 12.0. The van der Waals surface area contributed by atoms with Crippen LogP contribution in [0.3, 0.4) is 0 Å². The summed E-state index contributed by atoms with van der Waals surface area (Å²) < 4.78 is 46.1. The van der Waals surface area contributed by atoms with E-state index in [2.05, 4.69) is 9.97 Å². The minimum Gasteiger partial charge on any atom is -0.406 e. The van der Waals surface area contributed by atoms with Crippen molar-refractivity contribution in [3.63, 3.8) is 0 Å². The van der Waals surface area contributed by atoms with Gasteiger partial charge in [0.15, 0.2) is 5.58 Å². The average Bonchev–Trinajstić information content (AvgIpc) is 3.09. The van der Waals surface area contributed by atoms with Crippen LogP contribution < -0.4 is 5.76 Å². The van der Waals surface area contributed by atoms with E-state index in [4.69, 9.17) is 4.42 Å². The van der Waals surface area contributed by atoms with E-state index in [0.29, 0.717) is 16.4 Å². The lowest BCUT2D eigenvalue weighted by Gasteiger charge is -2.10. The molecule has 5 nitrogen and oxygen atoms in total. The van der Waals surface area contributed by atoms with Crippen molar-refractivity contribution in [1.82, 2.24) is 14.5 Å². The maximum atomic E-state index is 13.2. The summed E-state index contributed by atoms with van der Waals surface area (Å²) in [6.07, 6.45) is -1.46. The summed E-state index contributed by atoms with van der Waals surface area (Å²) in [6.45, 7) is 1.93. The van der Waals surface area contributed by atoms with E-state index in [1.54, 1.807) is 12.3 Å². The van der Waals surface area contributed by atoms with Crippen molar-refractivity contribution in [2.24, 2.45) is 0 Å². The number of aromatic nitrogens is 3. The molecule has 0 atom stereocenters. The fraction of sp³-hybridized carbons (Fsp3) is 0.0870. The third-order valence-corrected chi connectivity index (χ3v) is 5.12. The van der Waals surface area contributed by atoms with Crippen LogP contribution in [0.25, 0.3) is 38.9 Å². The lowest BCUT2D eigenvalue weighted by molar-refractivity contribution is -0.137. The molecule has 0 spiro atoms. The van der Waals surface area contributed by atoms with Crippen LogP contribution in [-0.4, -0.2) is 14.5 Å². The van der Waals surface area contributed by atoms with E-state index < -0.39 is 17.5 Å². The van der Waals surface area contributed by atoms with Gasteiger partial charge in [-0.3, -0.25) is 9.97 Å². The van der Waals surface area contributed by atoms with Gasteiger partial charge in [0.05, 0.1) is 28.7 Å². The first-order valence-corrected chi connectivity index (χ1v) is 9.37. The molecule has 0 saturated carbocycles. The van der Waals surface area contributed by atoms with Crippen LogP contribution in [0, 0.1) is 6.92 Å². The highest BCUT2D eigenvalue weighted by Gasteiger charge is 2.31. The lowest BCUT2D eigenvalue weighted by Crippen LogP contribution is -2.13. The molecule has 31 heavy (non-hydrogen) atoms. The van der Waals surface area contributed by atoms with E-state index in [-0.39, 0.29) is 11.3 Å². The van der Waals surface area contributed by atoms with E-state index >= 15 is 0 Å². The van der Waals surface area contributed by atoms with Crippen molar-refractivity contribution in [2.45, 2.75) is 13.1 Å². The van der Waals surface area contributed by atoms with Gasteiger partial charge < -0.3 is 4.42 Å². The average molecular weight is 421 g/mol. The molecule has 0 amide bonds. The number of halogens is 3. The number of aryl methyl sites for hydroxylation is 1. The number of oxazole rings is 1. The van der Waals surface area contributed by atoms with Gasteiger partial charge in [0.25, 0.3) is 0 Å². The third kappa shape index (κ3) is 3.16. The van der Waals surface area contributed by atoms with Crippen molar-refractivity contribution < 1.29 is 17.6 Å². The zero-order chi connectivity index (χ0) is 21.8. The maximum absolute atomic E-state index is 13.2. The maximum Gasteiger partial charge on any atom is 0.424 e. The molecular formula is C23H14F3N3O2. The summed E-state index contributed by atoms with van der Waals surface area (Å²) in [7, 11) is 0. The van der Waals surface area contributed by atoms with Gasteiger partial charge in [-0.25, -0.2) is 9.36 Å². The quantitative estimate of drug-likeness (QED) is 0.377. The Kier molecular flexibility index (Phi) is 4.18. The minimum atomic E-state index is -4.54. The van der Waals surface area contributed by atoms with Crippen LogP contribution in [-0.2, 0) is 6.18 Å². The number of hydrogen-bond acceptors (Lipinski definition) is 4.